The molecule has 1 aromatic heterocycles. The Morgan fingerprint density at radius 1 is 1.18 bits per heavy atom. The van der Waals surface area contributed by atoms with Gasteiger partial charge in [0.1, 0.15) is 5.69 Å². The minimum Gasteiger partial charge on any atom is -0.347 e. The van der Waals surface area contributed by atoms with Crippen molar-refractivity contribution in [2.75, 3.05) is 26.7 Å². The highest BCUT2D eigenvalue weighted by Crippen LogP contribution is 2.33. The molecule has 1 aromatic carbocycles. The molecule has 1 N–H and O–H groups in total. The summed E-state index contributed by atoms with van der Waals surface area (Å²) in [5, 5.41) is 2.84. The van der Waals surface area contributed by atoms with E-state index in [1.54, 1.807) is 34.7 Å². The van der Waals surface area contributed by atoms with E-state index >= 15 is 0 Å². The van der Waals surface area contributed by atoms with Crippen LogP contribution >= 0.6 is 0 Å². The molecule has 0 radical (unpaired) electrons. The first-order chi connectivity index (χ1) is 13.5. The Labute approximate surface area is 163 Å². The zero-order valence-electron chi connectivity index (χ0n) is 16.0. The zero-order chi connectivity index (χ0) is 19.8. The second-order valence-electron chi connectivity index (χ2n) is 7.45. The first-order valence-corrected chi connectivity index (χ1v) is 9.35. The Morgan fingerprint density at radius 2 is 1.93 bits per heavy atom. The van der Waals surface area contributed by atoms with Gasteiger partial charge in [-0.2, -0.15) is 0 Å². The fourth-order valence-corrected chi connectivity index (χ4v) is 4.07. The standard InChI is InChI=1S/C20H23N5O3/c1-13(26)24-10-15-9-23(2)20(28)18-17(22-12-25(18)16(15)11-24)19(27)21-8-14-6-4-3-5-7-14/h3-7,12,15-16H,8-11H2,1-2H3,(H,21,27). The van der Waals surface area contributed by atoms with E-state index in [4.69, 9.17) is 0 Å². The van der Waals surface area contributed by atoms with Crippen LogP contribution in [0.15, 0.2) is 36.7 Å². The van der Waals surface area contributed by atoms with Gasteiger partial charge >= 0.3 is 0 Å². The van der Waals surface area contributed by atoms with Crippen molar-refractivity contribution in [3.63, 3.8) is 0 Å². The summed E-state index contributed by atoms with van der Waals surface area (Å²) in [5.74, 6) is -0.455. The van der Waals surface area contributed by atoms with E-state index in [9.17, 15) is 14.4 Å². The van der Waals surface area contributed by atoms with Gasteiger partial charge in [0.05, 0.1) is 12.4 Å². The second kappa shape index (κ2) is 7.10. The third-order valence-electron chi connectivity index (χ3n) is 5.57. The highest BCUT2D eigenvalue weighted by Gasteiger charge is 2.42. The fourth-order valence-electron chi connectivity index (χ4n) is 4.07. The molecule has 28 heavy (non-hydrogen) atoms. The number of benzene rings is 1. The molecular formula is C20H23N5O3. The molecule has 8 heteroatoms. The zero-order valence-corrected chi connectivity index (χ0v) is 16.0. The topological polar surface area (TPSA) is 87.5 Å². The van der Waals surface area contributed by atoms with Crippen LogP contribution in [0.3, 0.4) is 0 Å². The van der Waals surface area contributed by atoms with Gasteiger partial charge in [0.25, 0.3) is 11.8 Å². The van der Waals surface area contributed by atoms with E-state index in [1.807, 2.05) is 30.3 Å². The van der Waals surface area contributed by atoms with Crippen molar-refractivity contribution >= 4 is 17.7 Å². The largest absolute Gasteiger partial charge is 0.347 e. The third kappa shape index (κ3) is 3.15. The first-order valence-electron chi connectivity index (χ1n) is 9.35. The lowest BCUT2D eigenvalue weighted by Gasteiger charge is -2.19. The van der Waals surface area contributed by atoms with E-state index in [0.717, 1.165) is 5.56 Å². The van der Waals surface area contributed by atoms with Gasteiger partial charge in [-0.15, -0.1) is 0 Å². The van der Waals surface area contributed by atoms with Crippen molar-refractivity contribution in [3.8, 4) is 0 Å². The molecule has 1 fully saturated rings. The van der Waals surface area contributed by atoms with Gasteiger partial charge in [-0.3, -0.25) is 14.4 Å². The summed E-state index contributed by atoms with van der Waals surface area (Å²) in [4.78, 5) is 45.2. The summed E-state index contributed by atoms with van der Waals surface area (Å²) in [5.41, 5.74) is 1.40. The van der Waals surface area contributed by atoms with E-state index < -0.39 is 0 Å². The maximum atomic E-state index is 12.9. The molecule has 2 unspecified atom stereocenters. The van der Waals surface area contributed by atoms with Gasteiger partial charge in [-0.05, 0) is 5.56 Å². The predicted molar refractivity (Wildman–Crippen MR) is 102 cm³/mol. The van der Waals surface area contributed by atoms with Crippen molar-refractivity contribution in [3.05, 3.63) is 53.6 Å². The summed E-state index contributed by atoms with van der Waals surface area (Å²) >= 11 is 0. The molecule has 2 aromatic rings. The Hall–Kier alpha value is -3.16. The maximum Gasteiger partial charge on any atom is 0.272 e. The Kier molecular flexibility index (Phi) is 4.62. The highest BCUT2D eigenvalue weighted by atomic mass is 16.2. The summed E-state index contributed by atoms with van der Waals surface area (Å²) < 4.78 is 1.79. The smallest absolute Gasteiger partial charge is 0.272 e. The number of likely N-dealkylation sites (tertiary alicyclic amines) is 1. The van der Waals surface area contributed by atoms with Crippen molar-refractivity contribution < 1.29 is 14.4 Å². The average molecular weight is 381 g/mol. The van der Waals surface area contributed by atoms with Gasteiger partial charge in [-0.1, -0.05) is 30.3 Å². The quantitative estimate of drug-likeness (QED) is 0.856. The van der Waals surface area contributed by atoms with Crippen LogP contribution in [0.25, 0.3) is 0 Å². The number of hydrogen-bond acceptors (Lipinski definition) is 4. The molecule has 2 atom stereocenters. The van der Waals surface area contributed by atoms with E-state index in [-0.39, 0.29) is 35.4 Å². The number of fused-ring (bicyclic) bond motifs is 3. The summed E-state index contributed by atoms with van der Waals surface area (Å²) in [6.45, 7) is 3.58. The van der Waals surface area contributed by atoms with Gasteiger partial charge in [0.15, 0.2) is 5.69 Å². The fraction of sp³-hybridized carbons (Fsp3) is 0.400. The molecule has 146 valence electrons. The number of nitrogens with zero attached hydrogens (tertiary/aromatic N) is 4. The van der Waals surface area contributed by atoms with Crippen LogP contribution in [0.2, 0.25) is 0 Å². The van der Waals surface area contributed by atoms with Gasteiger partial charge in [-0.25, -0.2) is 4.98 Å². The van der Waals surface area contributed by atoms with Crippen LogP contribution in [-0.2, 0) is 11.3 Å². The normalized spacial score (nSPS) is 21.1. The van der Waals surface area contributed by atoms with Gasteiger partial charge in [0, 0.05) is 46.1 Å². The minimum atomic E-state index is -0.376. The molecule has 0 bridgehead atoms. The summed E-state index contributed by atoms with van der Waals surface area (Å²) in [6.07, 6.45) is 1.56. The molecule has 0 spiro atoms. The Bertz CT molecular complexity index is 923. The maximum absolute atomic E-state index is 12.9. The molecule has 2 aliphatic heterocycles. The number of imidazole rings is 1. The van der Waals surface area contributed by atoms with Crippen LogP contribution in [0.5, 0.6) is 0 Å². The van der Waals surface area contributed by atoms with Crippen molar-refractivity contribution in [1.29, 1.82) is 0 Å². The SMILES string of the molecule is CC(=O)N1CC2CN(C)C(=O)c3c(C(=O)NCc4ccccc4)ncn3C2C1. The van der Waals surface area contributed by atoms with E-state index in [1.165, 1.54) is 0 Å². The number of carbonyl (C=O) groups is 3. The molecule has 3 heterocycles. The number of rotatable bonds is 3. The molecule has 4 rings (SSSR count). The van der Waals surface area contributed by atoms with Crippen LogP contribution < -0.4 is 5.32 Å². The third-order valence-corrected chi connectivity index (χ3v) is 5.57. The molecule has 3 amide bonds. The molecule has 0 saturated carbocycles. The number of amides is 3. The lowest BCUT2D eigenvalue weighted by Crippen LogP contribution is -2.34. The average Bonchev–Trinajstić information content (AvgIpc) is 3.28. The molecule has 1 saturated heterocycles. The van der Waals surface area contributed by atoms with Crippen molar-refractivity contribution in [1.82, 2.24) is 24.7 Å². The van der Waals surface area contributed by atoms with E-state index in [0.29, 0.717) is 31.9 Å². The van der Waals surface area contributed by atoms with Crippen LogP contribution in [0.4, 0.5) is 0 Å². The van der Waals surface area contributed by atoms with Crippen molar-refractivity contribution in [2.45, 2.75) is 19.5 Å². The van der Waals surface area contributed by atoms with E-state index in [2.05, 4.69) is 10.3 Å². The number of aromatic nitrogens is 2. The number of nitrogens with one attached hydrogen (secondary N) is 1. The van der Waals surface area contributed by atoms with Crippen LogP contribution in [0, 0.1) is 5.92 Å². The minimum absolute atomic E-state index is 0.0181. The lowest BCUT2D eigenvalue weighted by atomic mass is 10.0. The molecule has 0 aliphatic carbocycles. The number of carbonyl (C=O) groups excluding carboxylic acids is 3. The molecule has 2 aliphatic rings. The van der Waals surface area contributed by atoms with Crippen LogP contribution in [-0.4, -0.2) is 63.8 Å². The Morgan fingerprint density at radius 3 is 2.64 bits per heavy atom. The predicted octanol–water partition coefficient (Wildman–Crippen LogP) is 0.918. The monoisotopic (exact) mass is 381 g/mol. The Balaban J connectivity index is 1.62. The first kappa shape index (κ1) is 18.2. The second-order valence-corrected chi connectivity index (χ2v) is 7.45. The molecule has 8 nitrogen and oxygen atoms in total. The summed E-state index contributed by atoms with van der Waals surface area (Å²) in [7, 11) is 1.73. The number of hydrogen-bond donors (Lipinski definition) is 1. The van der Waals surface area contributed by atoms with Gasteiger partial charge in [0.2, 0.25) is 5.91 Å². The molecular weight excluding hydrogens is 358 g/mol. The highest BCUT2D eigenvalue weighted by molar-refractivity contribution is 6.05. The van der Waals surface area contributed by atoms with Gasteiger partial charge < -0.3 is 19.7 Å². The van der Waals surface area contributed by atoms with Crippen LogP contribution in [0.1, 0.15) is 39.5 Å². The van der Waals surface area contributed by atoms with Crippen molar-refractivity contribution in [2.24, 2.45) is 5.92 Å². The lowest BCUT2D eigenvalue weighted by molar-refractivity contribution is -0.128. The summed E-state index contributed by atoms with van der Waals surface area (Å²) in [6, 6.07) is 9.51.